The van der Waals surface area contributed by atoms with Crippen LogP contribution in [0.25, 0.3) is 0 Å². The summed E-state index contributed by atoms with van der Waals surface area (Å²) in [6.07, 6.45) is -0.453. The van der Waals surface area contributed by atoms with Crippen LogP contribution >= 0.6 is 0 Å². The number of sulfonamides is 1. The van der Waals surface area contributed by atoms with Gasteiger partial charge in [-0.15, -0.1) is 0 Å². The summed E-state index contributed by atoms with van der Waals surface area (Å²) in [7, 11) is -2.24. The van der Waals surface area contributed by atoms with Crippen molar-refractivity contribution in [3.8, 4) is 0 Å². The third-order valence-corrected chi connectivity index (χ3v) is 4.90. The van der Waals surface area contributed by atoms with Gasteiger partial charge in [0.15, 0.2) is 0 Å². The zero-order valence-corrected chi connectivity index (χ0v) is 12.8. The van der Waals surface area contributed by atoms with Crippen molar-refractivity contribution in [2.75, 3.05) is 26.8 Å². The lowest BCUT2D eigenvalue weighted by molar-refractivity contribution is -0.145. The van der Waals surface area contributed by atoms with Crippen molar-refractivity contribution < 1.29 is 27.2 Å². The minimum atomic E-state index is -3.52. The number of morpholine rings is 1. The van der Waals surface area contributed by atoms with E-state index in [2.05, 4.69) is 9.89 Å². The third-order valence-electron chi connectivity index (χ3n) is 3.12. The van der Waals surface area contributed by atoms with Gasteiger partial charge in [-0.05, 0) is 6.92 Å². The number of aromatic nitrogens is 1. The van der Waals surface area contributed by atoms with Crippen LogP contribution in [0.4, 0.5) is 0 Å². The number of nitrogens with zero attached hydrogens (tertiary/aromatic N) is 2. The van der Waals surface area contributed by atoms with E-state index < -0.39 is 22.1 Å². The molecule has 0 amide bonds. The molecule has 0 bridgehead atoms. The summed E-state index contributed by atoms with van der Waals surface area (Å²) < 4.78 is 40.8. The Hall–Kier alpha value is -1.45. The number of carbonyl (C=O) groups excluding carboxylic acids is 1. The van der Waals surface area contributed by atoms with Crippen LogP contribution in [-0.4, -0.2) is 56.8 Å². The lowest BCUT2D eigenvalue weighted by Gasteiger charge is -2.31. The molecule has 1 aromatic rings. The van der Waals surface area contributed by atoms with E-state index in [9.17, 15) is 13.2 Å². The first-order valence-corrected chi connectivity index (χ1v) is 8.10. The van der Waals surface area contributed by atoms with Crippen molar-refractivity contribution in [1.29, 1.82) is 0 Å². The molecule has 0 spiro atoms. The lowest BCUT2D eigenvalue weighted by Crippen LogP contribution is -2.46. The smallest absolute Gasteiger partial charge is 0.308 e. The predicted molar refractivity (Wildman–Crippen MR) is 71.8 cm³/mol. The number of hydrogen-bond donors (Lipinski definition) is 0. The summed E-state index contributed by atoms with van der Waals surface area (Å²) in [6.45, 7) is 2.34. The quantitative estimate of drug-likeness (QED) is 0.709. The van der Waals surface area contributed by atoms with Gasteiger partial charge in [0.05, 0.1) is 26.2 Å². The van der Waals surface area contributed by atoms with E-state index in [4.69, 9.17) is 9.26 Å². The molecule has 1 aromatic heterocycles. The molecule has 2 rings (SSSR count). The molecule has 9 heteroatoms. The average Bonchev–Trinajstić information content (AvgIpc) is 2.83. The molecule has 0 aliphatic carbocycles. The van der Waals surface area contributed by atoms with Crippen molar-refractivity contribution in [2.24, 2.45) is 0 Å². The van der Waals surface area contributed by atoms with Crippen molar-refractivity contribution in [2.45, 2.75) is 25.2 Å². The second kappa shape index (κ2) is 6.54. The SMILES string of the molecule is COC(=O)CC1CN(S(=O)(=O)Cc2cc(C)on2)CCO1. The van der Waals surface area contributed by atoms with Crippen molar-refractivity contribution in [3.63, 3.8) is 0 Å². The van der Waals surface area contributed by atoms with Gasteiger partial charge >= 0.3 is 5.97 Å². The molecule has 1 unspecified atom stereocenters. The Balaban J connectivity index is 2.00. The second-order valence-electron chi connectivity index (χ2n) is 4.82. The highest BCUT2D eigenvalue weighted by molar-refractivity contribution is 7.88. The van der Waals surface area contributed by atoms with E-state index in [-0.39, 0.29) is 31.9 Å². The van der Waals surface area contributed by atoms with Gasteiger partial charge in [-0.1, -0.05) is 5.16 Å². The van der Waals surface area contributed by atoms with E-state index in [0.717, 1.165) is 0 Å². The van der Waals surface area contributed by atoms with Gasteiger partial charge in [0.1, 0.15) is 17.2 Å². The van der Waals surface area contributed by atoms with Crippen LogP contribution in [0.1, 0.15) is 17.9 Å². The Morgan fingerprint density at radius 3 is 2.95 bits per heavy atom. The molecule has 1 aliphatic heterocycles. The van der Waals surface area contributed by atoms with Crippen LogP contribution in [0.3, 0.4) is 0 Å². The first-order chi connectivity index (χ1) is 9.90. The zero-order chi connectivity index (χ0) is 15.5. The highest BCUT2D eigenvalue weighted by Crippen LogP contribution is 2.17. The van der Waals surface area contributed by atoms with Crippen LogP contribution < -0.4 is 0 Å². The number of aryl methyl sites for hydroxylation is 1. The maximum absolute atomic E-state index is 12.3. The van der Waals surface area contributed by atoms with E-state index in [1.807, 2.05) is 0 Å². The van der Waals surface area contributed by atoms with Gasteiger partial charge < -0.3 is 14.0 Å². The molecule has 0 N–H and O–H groups in total. The molecular formula is C12H18N2O6S. The Kier molecular flexibility index (Phi) is 4.96. The molecule has 1 atom stereocenters. The Labute approximate surface area is 123 Å². The van der Waals surface area contributed by atoms with Crippen LogP contribution in [0.2, 0.25) is 0 Å². The van der Waals surface area contributed by atoms with Gasteiger partial charge in [-0.3, -0.25) is 4.79 Å². The molecule has 1 aliphatic rings. The minimum absolute atomic E-state index is 0.0333. The van der Waals surface area contributed by atoms with Crippen LogP contribution in [0.5, 0.6) is 0 Å². The number of methoxy groups -OCH3 is 1. The van der Waals surface area contributed by atoms with Crippen LogP contribution in [-0.2, 0) is 30.0 Å². The fraction of sp³-hybridized carbons (Fsp3) is 0.667. The van der Waals surface area contributed by atoms with E-state index in [1.54, 1.807) is 13.0 Å². The molecule has 0 radical (unpaired) electrons. The lowest BCUT2D eigenvalue weighted by atomic mass is 10.2. The number of esters is 1. The third kappa shape index (κ3) is 4.26. The molecule has 118 valence electrons. The van der Waals surface area contributed by atoms with Gasteiger partial charge in [0.2, 0.25) is 10.0 Å². The first-order valence-electron chi connectivity index (χ1n) is 6.49. The van der Waals surface area contributed by atoms with Crippen molar-refractivity contribution in [3.05, 3.63) is 17.5 Å². The molecular weight excluding hydrogens is 300 g/mol. The van der Waals surface area contributed by atoms with Crippen molar-refractivity contribution >= 4 is 16.0 Å². The molecule has 1 fully saturated rings. The largest absolute Gasteiger partial charge is 0.469 e. The summed E-state index contributed by atoms with van der Waals surface area (Å²) in [6, 6.07) is 1.59. The van der Waals surface area contributed by atoms with Crippen LogP contribution in [0.15, 0.2) is 10.6 Å². The van der Waals surface area contributed by atoms with E-state index in [0.29, 0.717) is 11.5 Å². The fourth-order valence-corrected chi connectivity index (χ4v) is 3.54. The highest BCUT2D eigenvalue weighted by Gasteiger charge is 2.31. The number of ether oxygens (including phenoxy) is 2. The summed E-state index contributed by atoms with van der Waals surface area (Å²) in [4.78, 5) is 11.2. The molecule has 0 aromatic carbocycles. The normalized spacial score (nSPS) is 20.4. The molecule has 8 nitrogen and oxygen atoms in total. The summed E-state index contributed by atoms with van der Waals surface area (Å²) in [5, 5.41) is 3.69. The second-order valence-corrected chi connectivity index (χ2v) is 6.79. The van der Waals surface area contributed by atoms with Gasteiger partial charge in [-0.25, -0.2) is 8.42 Å². The van der Waals surface area contributed by atoms with E-state index in [1.165, 1.54) is 11.4 Å². The Morgan fingerprint density at radius 1 is 1.57 bits per heavy atom. The predicted octanol–water partition coefficient (Wildman–Crippen LogP) is 0.0767. The molecule has 0 saturated carbocycles. The van der Waals surface area contributed by atoms with Crippen LogP contribution in [0, 0.1) is 6.92 Å². The number of carbonyl (C=O) groups is 1. The monoisotopic (exact) mass is 318 g/mol. The first kappa shape index (κ1) is 15.9. The average molecular weight is 318 g/mol. The topological polar surface area (TPSA) is 98.9 Å². The van der Waals surface area contributed by atoms with Gasteiger partial charge in [0.25, 0.3) is 0 Å². The Morgan fingerprint density at radius 2 is 2.33 bits per heavy atom. The summed E-state index contributed by atoms with van der Waals surface area (Å²) in [5.74, 6) is -0.0907. The molecule has 21 heavy (non-hydrogen) atoms. The van der Waals surface area contributed by atoms with Gasteiger partial charge in [0, 0.05) is 19.2 Å². The Bertz CT molecular complexity index is 597. The maximum Gasteiger partial charge on any atom is 0.308 e. The number of hydrogen-bond acceptors (Lipinski definition) is 7. The molecule has 1 saturated heterocycles. The van der Waals surface area contributed by atoms with E-state index >= 15 is 0 Å². The standard InChI is InChI=1S/C12H18N2O6S/c1-9-5-10(13-20-9)8-21(16,17)14-3-4-19-11(7-14)6-12(15)18-2/h5,11H,3-4,6-8H2,1-2H3. The molecule has 2 heterocycles. The van der Waals surface area contributed by atoms with Crippen molar-refractivity contribution in [1.82, 2.24) is 9.46 Å². The fourth-order valence-electron chi connectivity index (χ4n) is 2.10. The minimum Gasteiger partial charge on any atom is -0.469 e. The zero-order valence-electron chi connectivity index (χ0n) is 11.9. The highest BCUT2D eigenvalue weighted by atomic mass is 32.2. The summed E-state index contributed by atoms with van der Waals surface area (Å²) in [5.41, 5.74) is 0.364. The summed E-state index contributed by atoms with van der Waals surface area (Å²) >= 11 is 0. The number of rotatable bonds is 5. The maximum atomic E-state index is 12.3. The van der Waals surface area contributed by atoms with Gasteiger partial charge in [-0.2, -0.15) is 4.31 Å².